The molecule has 0 aromatic heterocycles. The molecular formula is C23H29NO4S. The first-order valence-electron chi connectivity index (χ1n) is 9.84. The smallest absolute Gasteiger partial charge is 0.254 e. The summed E-state index contributed by atoms with van der Waals surface area (Å²) in [6.07, 6.45) is 0.476. The van der Waals surface area contributed by atoms with Gasteiger partial charge in [-0.15, -0.1) is 0 Å². The van der Waals surface area contributed by atoms with Gasteiger partial charge in [0.15, 0.2) is 9.84 Å². The maximum atomic E-state index is 13.3. The van der Waals surface area contributed by atoms with E-state index in [0.717, 1.165) is 5.56 Å². The highest BCUT2D eigenvalue weighted by Gasteiger charge is 2.35. The largest absolute Gasteiger partial charge is 0.497 e. The zero-order valence-electron chi connectivity index (χ0n) is 17.5. The zero-order valence-corrected chi connectivity index (χ0v) is 18.3. The molecule has 0 unspecified atom stereocenters. The number of hydrogen-bond donors (Lipinski definition) is 0. The number of sulfone groups is 1. The fraction of sp³-hybridized carbons (Fsp3) is 0.435. The zero-order chi connectivity index (χ0) is 21.2. The van der Waals surface area contributed by atoms with Crippen molar-refractivity contribution in [1.29, 1.82) is 0 Å². The van der Waals surface area contributed by atoms with E-state index in [1.54, 1.807) is 36.3 Å². The molecule has 6 heteroatoms. The molecule has 1 heterocycles. The highest BCUT2D eigenvalue weighted by Crippen LogP contribution is 2.25. The molecule has 0 bridgehead atoms. The van der Waals surface area contributed by atoms with E-state index < -0.39 is 9.84 Å². The number of amides is 1. The first-order chi connectivity index (χ1) is 13.6. The summed E-state index contributed by atoms with van der Waals surface area (Å²) < 4.78 is 29.2. The van der Waals surface area contributed by atoms with E-state index >= 15 is 0 Å². The molecule has 5 nitrogen and oxygen atoms in total. The number of ether oxygens (including phenoxy) is 1. The monoisotopic (exact) mass is 415 g/mol. The summed E-state index contributed by atoms with van der Waals surface area (Å²) in [6, 6.07) is 14.8. The van der Waals surface area contributed by atoms with Crippen LogP contribution in [0.25, 0.3) is 0 Å². The third-order valence-corrected chi connectivity index (χ3v) is 7.17. The van der Waals surface area contributed by atoms with Crippen LogP contribution in [0.2, 0.25) is 0 Å². The summed E-state index contributed by atoms with van der Waals surface area (Å²) >= 11 is 0. The van der Waals surface area contributed by atoms with Crippen LogP contribution in [0, 0.1) is 0 Å². The van der Waals surface area contributed by atoms with Gasteiger partial charge in [-0.05, 0) is 47.2 Å². The van der Waals surface area contributed by atoms with Gasteiger partial charge in [0.2, 0.25) is 0 Å². The van der Waals surface area contributed by atoms with Gasteiger partial charge in [0.25, 0.3) is 5.91 Å². The molecule has 1 amide bonds. The predicted octanol–water partition coefficient (Wildman–Crippen LogP) is 3.82. The molecule has 0 aliphatic carbocycles. The van der Waals surface area contributed by atoms with Crippen molar-refractivity contribution >= 4 is 15.7 Å². The summed E-state index contributed by atoms with van der Waals surface area (Å²) in [5.74, 6) is 0.672. The van der Waals surface area contributed by atoms with Gasteiger partial charge in [0.05, 0.1) is 18.6 Å². The van der Waals surface area contributed by atoms with E-state index in [9.17, 15) is 13.2 Å². The highest BCUT2D eigenvalue weighted by atomic mass is 32.2. The van der Waals surface area contributed by atoms with Gasteiger partial charge in [-0.1, -0.05) is 45.0 Å². The minimum atomic E-state index is -3.10. The topological polar surface area (TPSA) is 63.7 Å². The molecule has 3 rings (SSSR count). The summed E-state index contributed by atoms with van der Waals surface area (Å²) in [7, 11) is -1.52. The Morgan fingerprint density at radius 3 is 2.17 bits per heavy atom. The summed E-state index contributed by atoms with van der Waals surface area (Å²) in [5, 5.41) is 0. The third kappa shape index (κ3) is 5.18. The van der Waals surface area contributed by atoms with Crippen molar-refractivity contribution in [3.05, 3.63) is 65.2 Å². The summed E-state index contributed by atoms with van der Waals surface area (Å²) in [6.45, 7) is 6.86. The average Bonchev–Trinajstić information content (AvgIpc) is 3.05. The van der Waals surface area contributed by atoms with E-state index in [2.05, 4.69) is 32.9 Å². The number of rotatable bonds is 5. The quantitative estimate of drug-likeness (QED) is 0.745. The Balaban J connectivity index is 1.87. The van der Waals surface area contributed by atoms with Crippen molar-refractivity contribution < 1.29 is 17.9 Å². The van der Waals surface area contributed by atoms with Crippen LogP contribution in [0.15, 0.2) is 48.5 Å². The van der Waals surface area contributed by atoms with Crippen molar-refractivity contribution in [2.45, 2.75) is 45.2 Å². The van der Waals surface area contributed by atoms with E-state index in [-0.39, 0.29) is 28.9 Å². The van der Waals surface area contributed by atoms with Crippen LogP contribution < -0.4 is 4.74 Å². The minimum Gasteiger partial charge on any atom is -0.497 e. The molecule has 0 saturated carbocycles. The first-order valence-corrected chi connectivity index (χ1v) is 11.7. The predicted molar refractivity (Wildman–Crippen MR) is 115 cm³/mol. The van der Waals surface area contributed by atoms with Crippen molar-refractivity contribution in [1.82, 2.24) is 4.90 Å². The Hall–Kier alpha value is -2.34. The molecule has 1 fully saturated rings. The van der Waals surface area contributed by atoms with Gasteiger partial charge < -0.3 is 9.64 Å². The molecule has 156 valence electrons. The maximum Gasteiger partial charge on any atom is 0.254 e. The van der Waals surface area contributed by atoms with Gasteiger partial charge >= 0.3 is 0 Å². The number of hydrogen-bond acceptors (Lipinski definition) is 4. The lowest BCUT2D eigenvalue weighted by Gasteiger charge is -2.29. The van der Waals surface area contributed by atoms with Crippen molar-refractivity contribution in [2.75, 3.05) is 18.6 Å². The molecule has 0 radical (unpaired) electrons. The van der Waals surface area contributed by atoms with Crippen LogP contribution in [0.1, 0.15) is 48.7 Å². The van der Waals surface area contributed by atoms with Crippen LogP contribution in [0.3, 0.4) is 0 Å². The fourth-order valence-corrected chi connectivity index (χ4v) is 5.32. The molecular weight excluding hydrogens is 386 g/mol. The highest BCUT2D eigenvalue weighted by molar-refractivity contribution is 7.91. The first kappa shape index (κ1) is 21.4. The van der Waals surface area contributed by atoms with Gasteiger partial charge in [-0.2, -0.15) is 0 Å². The average molecular weight is 416 g/mol. The molecule has 0 N–H and O–H groups in total. The van der Waals surface area contributed by atoms with Crippen LogP contribution in [0.5, 0.6) is 5.75 Å². The molecule has 29 heavy (non-hydrogen) atoms. The molecule has 2 aromatic carbocycles. The fourth-order valence-electron chi connectivity index (χ4n) is 3.59. The van der Waals surface area contributed by atoms with Gasteiger partial charge in [-0.25, -0.2) is 8.42 Å². The Labute approximate surface area is 173 Å². The molecule has 1 atom stereocenters. The van der Waals surface area contributed by atoms with Crippen LogP contribution in [0.4, 0.5) is 0 Å². The Morgan fingerprint density at radius 2 is 1.69 bits per heavy atom. The van der Waals surface area contributed by atoms with Crippen molar-refractivity contribution in [3.63, 3.8) is 0 Å². The van der Waals surface area contributed by atoms with Crippen molar-refractivity contribution in [3.8, 4) is 5.75 Å². The molecule has 0 spiro atoms. The van der Waals surface area contributed by atoms with Gasteiger partial charge in [0, 0.05) is 18.2 Å². The van der Waals surface area contributed by atoms with Gasteiger partial charge in [0.1, 0.15) is 5.75 Å². The van der Waals surface area contributed by atoms with Crippen molar-refractivity contribution in [2.24, 2.45) is 0 Å². The maximum absolute atomic E-state index is 13.3. The Kier molecular flexibility index (Phi) is 6.03. The van der Waals surface area contributed by atoms with E-state index in [1.165, 1.54) is 5.56 Å². The van der Waals surface area contributed by atoms with E-state index in [1.807, 2.05) is 12.1 Å². The van der Waals surface area contributed by atoms with E-state index in [4.69, 9.17) is 4.74 Å². The van der Waals surface area contributed by atoms with Crippen LogP contribution >= 0.6 is 0 Å². The molecule has 1 aliphatic rings. The SMILES string of the molecule is COc1ccc(C(=O)N(Cc2ccc(C(C)(C)C)cc2)[C@@H]2CCS(=O)(=O)C2)cc1. The van der Waals surface area contributed by atoms with E-state index in [0.29, 0.717) is 24.3 Å². The minimum absolute atomic E-state index is 0.0228. The lowest BCUT2D eigenvalue weighted by molar-refractivity contribution is 0.0681. The number of nitrogens with zero attached hydrogens (tertiary/aromatic N) is 1. The number of carbonyl (C=O) groups excluding carboxylic acids is 1. The molecule has 1 saturated heterocycles. The number of benzene rings is 2. The Bertz CT molecular complexity index is 957. The second-order valence-corrected chi connectivity index (χ2v) is 10.9. The Morgan fingerprint density at radius 1 is 1.07 bits per heavy atom. The summed E-state index contributed by atoms with van der Waals surface area (Å²) in [5.41, 5.74) is 2.79. The summed E-state index contributed by atoms with van der Waals surface area (Å²) in [4.78, 5) is 15.0. The number of carbonyl (C=O) groups is 1. The van der Waals surface area contributed by atoms with Gasteiger partial charge in [-0.3, -0.25) is 4.79 Å². The van der Waals surface area contributed by atoms with Crippen LogP contribution in [-0.2, 0) is 21.8 Å². The normalized spacial score (nSPS) is 18.4. The molecule has 1 aliphatic heterocycles. The number of methoxy groups -OCH3 is 1. The third-order valence-electron chi connectivity index (χ3n) is 5.42. The van der Waals surface area contributed by atoms with Crippen LogP contribution in [-0.4, -0.2) is 43.9 Å². The lowest BCUT2D eigenvalue weighted by atomic mass is 9.86. The molecule has 2 aromatic rings. The lowest BCUT2D eigenvalue weighted by Crippen LogP contribution is -2.40. The second-order valence-electron chi connectivity index (χ2n) is 8.67. The standard InChI is InChI=1S/C23H29NO4S/c1-23(2,3)19-9-5-17(6-10-19)15-24(20-13-14-29(26,27)16-20)22(25)18-7-11-21(28-4)12-8-18/h5-12,20H,13-16H2,1-4H3/t20-/m1/s1. The second kappa shape index (κ2) is 8.19.